The van der Waals surface area contributed by atoms with Crippen LogP contribution in [0.25, 0.3) is 0 Å². The molecule has 0 atom stereocenters. The monoisotopic (exact) mass is 291 g/mol. The number of amides is 2. The summed E-state index contributed by atoms with van der Waals surface area (Å²) in [5.74, 6) is -0.506. The molecule has 7 nitrogen and oxygen atoms in total. The number of carbonyl (C=O) groups excluding carboxylic acids is 2. The number of nitro benzene ring substituents is 1. The lowest BCUT2D eigenvalue weighted by atomic mass is 9.97. The van der Waals surface area contributed by atoms with Crippen molar-refractivity contribution in [3.8, 4) is 0 Å². The van der Waals surface area contributed by atoms with Crippen LogP contribution in [0.1, 0.15) is 29.8 Å². The van der Waals surface area contributed by atoms with Crippen LogP contribution >= 0.6 is 0 Å². The average Bonchev–Trinajstić information content (AvgIpc) is 2.40. The highest BCUT2D eigenvalue weighted by Gasteiger charge is 2.40. The molecule has 0 bridgehead atoms. The zero-order valence-corrected chi connectivity index (χ0v) is 12.2. The van der Waals surface area contributed by atoms with E-state index in [4.69, 9.17) is 0 Å². The van der Waals surface area contributed by atoms with Crippen molar-refractivity contribution in [1.29, 1.82) is 0 Å². The fourth-order valence-electron chi connectivity index (χ4n) is 2.40. The lowest BCUT2D eigenvalue weighted by molar-refractivity contribution is -0.385. The van der Waals surface area contributed by atoms with Gasteiger partial charge in [-0.25, -0.2) is 0 Å². The molecule has 0 saturated carbocycles. The summed E-state index contributed by atoms with van der Waals surface area (Å²) in [6.45, 7) is 5.76. The van der Waals surface area contributed by atoms with Gasteiger partial charge in [0, 0.05) is 30.3 Å². The summed E-state index contributed by atoms with van der Waals surface area (Å²) in [5.41, 5.74) is -0.196. The molecule has 0 radical (unpaired) electrons. The zero-order valence-electron chi connectivity index (χ0n) is 12.2. The van der Waals surface area contributed by atoms with E-state index >= 15 is 0 Å². The van der Waals surface area contributed by atoms with Crippen molar-refractivity contribution < 1.29 is 14.5 Å². The Morgan fingerprint density at radius 2 is 2.10 bits per heavy atom. The minimum atomic E-state index is -0.939. The van der Waals surface area contributed by atoms with Gasteiger partial charge in [-0.1, -0.05) is 0 Å². The van der Waals surface area contributed by atoms with E-state index in [9.17, 15) is 19.7 Å². The van der Waals surface area contributed by atoms with Crippen LogP contribution in [-0.2, 0) is 4.79 Å². The topological polar surface area (TPSA) is 92.6 Å². The lowest BCUT2D eigenvalue weighted by Crippen LogP contribution is -2.63. The van der Waals surface area contributed by atoms with E-state index in [1.807, 2.05) is 0 Å². The molecule has 0 unspecified atom stereocenters. The van der Waals surface area contributed by atoms with Crippen molar-refractivity contribution in [2.75, 3.05) is 13.1 Å². The van der Waals surface area contributed by atoms with Crippen LogP contribution in [-0.4, -0.2) is 40.3 Å². The molecule has 1 heterocycles. The van der Waals surface area contributed by atoms with Crippen LogP contribution in [0.2, 0.25) is 0 Å². The molecule has 1 N–H and O–H groups in total. The Kier molecular flexibility index (Phi) is 3.67. The molecule has 0 aliphatic carbocycles. The second-order valence-electron chi connectivity index (χ2n) is 5.53. The van der Waals surface area contributed by atoms with Gasteiger partial charge in [0.15, 0.2) is 0 Å². The zero-order chi connectivity index (χ0) is 15.8. The molecular formula is C14H17N3O4. The van der Waals surface area contributed by atoms with E-state index in [1.165, 1.54) is 23.1 Å². The standard InChI is InChI=1S/C14H17N3O4/c1-9-8-10(4-5-11(9)17(20)21)12(18)16-7-6-15-13(19)14(16,2)3/h4-5,8H,6-7H2,1-3H3,(H,15,19). The van der Waals surface area contributed by atoms with Gasteiger partial charge in [-0.3, -0.25) is 19.7 Å². The van der Waals surface area contributed by atoms with E-state index in [-0.39, 0.29) is 17.5 Å². The molecule has 1 aliphatic rings. The first-order valence-electron chi connectivity index (χ1n) is 6.60. The number of hydrogen-bond acceptors (Lipinski definition) is 4. The van der Waals surface area contributed by atoms with E-state index < -0.39 is 10.5 Å². The number of rotatable bonds is 2. The van der Waals surface area contributed by atoms with E-state index in [0.29, 0.717) is 24.2 Å². The number of benzene rings is 1. The van der Waals surface area contributed by atoms with Gasteiger partial charge in [0.2, 0.25) is 5.91 Å². The maximum Gasteiger partial charge on any atom is 0.272 e. The van der Waals surface area contributed by atoms with Crippen LogP contribution in [0.5, 0.6) is 0 Å². The van der Waals surface area contributed by atoms with E-state index in [2.05, 4.69) is 5.32 Å². The largest absolute Gasteiger partial charge is 0.352 e. The van der Waals surface area contributed by atoms with Crippen molar-refractivity contribution in [3.63, 3.8) is 0 Å². The fourth-order valence-corrected chi connectivity index (χ4v) is 2.40. The number of piperazine rings is 1. The van der Waals surface area contributed by atoms with Gasteiger partial charge in [-0.15, -0.1) is 0 Å². The third-order valence-electron chi connectivity index (χ3n) is 3.74. The van der Waals surface area contributed by atoms with Gasteiger partial charge < -0.3 is 10.2 Å². The van der Waals surface area contributed by atoms with Crippen LogP contribution in [0, 0.1) is 17.0 Å². The molecule has 0 aromatic heterocycles. The predicted octanol–water partition coefficient (Wildman–Crippen LogP) is 1.25. The molecule has 2 amide bonds. The Morgan fingerprint density at radius 3 is 2.67 bits per heavy atom. The Labute approximate surface area is 122 Å². The summed E-state index contributed by atoms with van der Waals surface area (Å²) in [6.07, 6.45) is 0. The quantitative estimate of drug-likeness (QED) is 0.655. The van der Waals surface area contributed by atoms with Crippen molar-refractivity contribution in [2.24, 2.45) is 0 Å². The molecule has 112 valence electrons. The summed E-state index contributed by atoms with van der Waals surface area (Å²) >= 11 is 0. The number of nitrogens with one attached hydrogen (secondary N) is 1. The second-order valence-corrected chi connectivity index (χ2v) is 5.53. The number of nitrogens with zero attached hydrogens (tertiary/aromatic N) is 2. The van der Waals surface area contributed by atoms with Gasteiger partial charge in [0.1, 0.15) is 5.54 Å². The van der Waals surface area contributed by atoms with Gasteiger partial charge >= 0.3 is 0 Å². The molecule has 1 saturated heterocycles. The number of nitro groups is 1. The molecular weight excluding hydrogens is 274 g/mol. The number of carbonyl (C=O) groups is 2. The van der Waals surface area contributed by atoms with Gasteiger partial charge in [-0.2, -0.15) is 0 Å². The van der Waals surface area contributed by atoms with E-state index in [0.717, 1.165) is 0 Å². The smallest absolute Gasteiger partial charge is 0.272 e. The molecule has 21 heavy (non-hydrogen) atoms. The Morgan fingerprint density at radius 1 is 1.43 bits per heavy atom. The van der Waals surface area contributed by atoms with Crippen LogP contribution in [0.3, 0.4) is 0 Å². The normalized spacial score (nSPS) is 17.3. The summed E-state index contributed by atoms with van der Waals surface area (Å²) in [7, 11) is 0. The first kappa shape index (κ1) is 15.0. The highest BCUT2D eigenvalue weighted by Crippen LogP contribution is 2.24. The van der Waals surface area contributed by atoms with Gasteiger partial charge in [0.05, 0.1) is 4.92 Å². The maximum absolute atomic E-state index is 12.6. The minimum absolute atomic E-state index is 0.0257. The third kappa shape index (κ3) is 2.58. The summed E-state index contributed by atoms with van der Waals surface area (Å²) in [4.78, 5) is 36.3. The van der Waals surface area contributed by atoms with Gasteiger partial charge in [-0.05, 0) is 32.9 Å². The molecule has 1 aromatic carbocycles. The summed E-state index contributed by atoms with van der Waals surface area (Å²) in [5, 5.41) is 13.5. The fraction of sp³-hybridized carbons (Fsp3) is 0.429. The molecule has 7 heteroatoms. The lowest BCUT2D eigenvalue weighted by Gasteiger charge is -2.41. The highest BCUT2D eigenvalue weighted by molar-refractivity contribution is 6.00. The first-order valence-corrected chi connectivity index (χ1v) is 6.60. The Bertz CT molecular complexity index is 625. The van der Waals surface area contributed by atoms with Crippen LogP contribution in [0.4, 0.5) is 5.69 Å². The SMILES string of the molecule is Cc1cc(C(=O)N2CCNC(=O)C2(C)C)ccc1[N+](=O)[O-]. The molecule has 1 fully saturated rings. The summed E-state index contributed by atoms with van der Waals surface area (Å²) < 4.78 is 0. The van der Waals surface area contributed by atoms with Crippen molar-refractivity contribution >= 4 is 17.5 Å². The van der Waals surface area contributed by atoms with Crippen molar-refractivity contribution in [2.45, 2.75) is 26.3 Å². The Hall–Kier alpha value is -2.44. The summed E-state index contributed by atoms with van der Waals surface area (Å²) in [6, 6.07) is 4.23. The average molecular weight is 291 g/mol. The molecule has 1 aliphatic heterocycles. The first-order chi connectivity index (χ1) is 9.75. The molecule has 2 rings (SSSR count). The predicted molar refractivity (Wildman–Crippen MR) is 76.0 cm³/mol. The number of hydrogen-bond donors (Lipinski definition) is 1. The third-order valence-corrected chi connectivity index (χ3v) is 3.74. The van der Waals surface area contributed by atoms with Crippen LogP contribution in [0.15, 0.2) is 18.2 Å². The molecule has 1 aromatic rings. The van der Waals surface area contributed by atoms with Crippen molar-refractivity contribution in [1.82, 2.24) is 10.2 Å². The van der Waals surface area contributed by atoms with Crippen LogP contribution < -0.4 is 5.32 Å². The minimum Gasteiger partial charge on any atom is -0.352 e. The Balaban J connectivity index is 2.34. The van der Waals surface area contributed by atoms with E-state index in [1.54, 1.807) is 20.8 Å². The van der Waals surface area contributed by atoms with Crippen molar-refractivity contribution in [3.05, 3.63) is 39.4 Å². The second kappa shape index (κ2) is 5.16. The highest BCUT2D eigenvalue weighted by atomic mass is 16.6. The molecule has 0 spiro atoms. The number of aryl methyl sites for hydroxylation is 1. The maximum atomic E-state index is 12.6. The van der Waals surface area contributed by atoms with Gasteiger partial charge in [0.25, 0.3) is 11.6 Å².